The molecule has 1 fully saturated rings. The number of likely N-dealkylation sites (tertiary alicyclic amines) is 1. The van der Waals surface area contributed by atoms with Crippen molar-refractivity contribution >= 4 is 5.91 Å². The van der Waals surface area contributed by atoms with Gasteiger partial charge in [-0.1, -0.05) is 24.3 Å². The van der Waals surface area contributed by atoms with Crippen molar-refractivity contribution in [3.8, 4) is 17.2 Å². The highest BCUT2D eigenvalue weighted by molar-refractivity contribution is 5.91. The number of amides is 1. The third-order valence-electron chi connectivity index (χ3n) is 7.00. The van der Waals surface area contributed by atoms with Crippen molar-refractivity contribution in [3.05, 3.63) is 77.7 Å². The van der Waals surface area contributed by atoms with Gasteiger partial charge in [0.1, 0.15) is 5.75 Å². The van der Waals surface area contributed by atoms with Gasteiger partial charge < -0.3 is 23.9 Å². The van der Waals surface area contributed by atoms with E-state index in [1.165, 1.54) is 6.26 Å². The van der Waals surface area contributed by atoms with Crippen LogP contribution in [0, 0.1) is 5.92 Å². The van der Waals surface area contributed by atoms with Gasteiger partial charge in [0.2, 0.25) is 0 Å². The first-order valence-corrected chi connectivity index (χ1v) is 12.0. The highest BCUT2D eigenvalue weighted by Crippen LogP contribution is 2.33. The number of aromatic hydroxyl groups is 1. The number of piperidine rings is 1. The minimum absolute atomic E-state index is 0.0204. The maximum Gasteiger partial charge on any atom is 0.289 e. The van der Waals surface area contributed by atoms with Gasteiger partial charge in [-0.3, -0.25) is 9.69 Å². The molecule has 0 saturated carbocycles. The molecule has 7 nitrogen and oxygen atoms in total. The molecule has 2 heterocycles. The number of ether oxygens (including phenoxy) is 2. The van der Waals surface area contributed by atoms with Crippen LogP contribution < -0.4 is 9.47 Å². The van der Waals surface area contributed by atoms with Gasteiger partial charge in [-0.15, -0.1) is 0 Å². The third-order valence-corrected chi connectivity index (χ3v) is 7.00. The summed E-state index contributed by atoms with van der Waals surface area (Å²) in [6, 6.07) is 17.1. The van der Waals surface area contributed by atoms with Gasteiger partial charge >= 0.3 is 0 Å². The number of furan rings is 1. The Hall–Kier alpha value is -3.45. The number of para-hydroxylation sites is 1. The number of nitrogens with zero attached hydrogens (tertiary/aromatic N) is 2. The zero-order valence-corrected chi connectivity index (χ0v) is 20.6. The summed E-state index contributed by atoms with van der Waals surface area (Å²) in [7, 11) is 5.10. The molecular formula is C28H34N2O5. The summed E-state index contributed by atoms with van der Waals surface area (Å²) in [5, 5.41) is 10.5. The van der Waals surface area contributed by atoms with Gasteiger partial charge in [0.05, 0.1) is 20.5 Å². The Morgan fingerprint density at radius 1 is 1.11 bits per heavy atom. The van der Waals surface area contributed by atoms with E-state index < -0.39 is 0 Å². The molecule has 1 saturated heterocycles. The van der Waals surface area contributed by atoms with E-state index in [1.54, 1.807) is 32.4 Å². The summed E-state index contributed by atoms with van der Waals surface area (Å²) in [4.78, 5) is 17.4. The molecule has 0 aliphatic carbocycles. The number of hydrogen-bond donors (Lipinski definition) is 1. The molecule has 1 aromatic heterocycles. The number of phenols is 1. The molecule has 35 heavy (non-hydrogen) atoms. The van der Waals surface area contributed by atoms with Crippen LogP contribution in [0.5, 0.6) is 17.2 Å². The first-order chi connectivity index (χ1) is 17.0. The molecule has 0 spiro atoms. The van der Waals surface area contributed by atoms with Crippen molar-refractivity contribution in [1.82, 2.24) is 9.80 Å². The van der Waals surface area contributed by atoms with E-state index in [1.807, 2.05) is 42.3 Å². The number of hydrogen-bond acceptors (Lipinski definition) is 6. The first-order valence-electron chi connectivity index (χ1n) is 12.0. The average molecular weight is 479 g/mol. The molecular weight excluding hydrogens is 444 g/mol. The fourth-order valence-electron chi connectivity index (χ4n) is 4.98. The minimum Gasteiger partial charge on any atom is -0.504 e. The van der Waals surface area contributed by atoms with Crippen molar-refractivity contribution in [2.45, 2.75) is 31.8 Å². The van der Waals surface area contributed by atoms with Crippen molar-refractivity contribution in [2.24, 2.45) is 5.92 Å². The normalized spacial score (nSPS) is 15.5. The van der Waals surface area contributed by atoms with Crippen LogP contribution in [0.1, 0.15) is 34.5 Å². The van der Waals surface area contributed by atoms with Crippen LogP contribution in [-0.2, 0) is 13.0 Å². The van der Waals surface area contributed by atoms with E-state index in [-0.39, 0.29) is 17.7 Å². The van der Waals surface area contributed by atoms with Gasteiger partial charge in [-0.2, -0.15) is 0 Å². The lowest BCUT2D eigenvalue weighted by atomic mass is 9.84. The second kappa shape index (κ2) is 11.3. The quantitative estimate of drug-likeness (QED) is 0.485. The van der Waals surface area contributed by atoms with E-state index in [4.69, 9.17) is 13.9 Å². The molecule has 1 aliphatic heterocycles. The smallest absolute Gasteiger partial charge is 0.289 e. The third kappa shape index (κ3) is 5.80. The van der Waals surface area contributed by atoms with Crippen LogP contribution in [0.4, 0.5) is 0 Å². The number of rotatable bonds is 9. The molecule has 0 bridgehead atoms. The lowest BCUT2D eigenvalue weighted by molar-refractivity contribution is 0.0555. The van der Waals surface area contributed by atoms with Crippen molar-refractivity contribution in [2.75, 3.05) is 34.4 Å². The van der Waals surface area contributed by atoms with E-state index >= 15 is 0 Å². The van der Waals surface area contributed by atoms with E-state index in [2.05, 4.69) is 11.0 Å². The van der Waals surface area contributed by atoms with E-state index in [0.717, 1.165) is 49.2 Å². The number of methoxy groups -OCH3 is 2. The standard InChI is InChI=1S/C28H34N2O5/c1-29(28(32)26-11-6-16-35-26)24(18-20-7-4-9-23(17-20)33-2)21-12-14-30(15-13-21)19-22-8-5-10-25(34-3)27(22)31/h4-11,16-17,21,24,31H,12-15,18-19H2,1-3H3/t24-/m0/s1. The van der Waals surface area contributed by atoms with Crippen molar-refractivity contribution in [1.29, 1.82) is 0 Å². The van der Waals surface area contributed by atoms with Gasteiger partial charge in [-0.25, -0.2) is 0 Å². The summed E-state index contributed by atoms with van der Waals surface area (Å²) < 4.78 is 16.1. The molecule has 1 atom stereocenters. The van der Waals surface area contributed by atoms with Gasteiger partial charge in [-0.05, 0) is 74.2 Å². The Balaban J connectivity index is 1.48. The van der Waals surface area contributed by atoms with Crippen LogP contribution in [-0.4, -0.2) is 61.2 Å². The Kier molecular flexibility index (Phi) is 7.98. The number of likely N-dealkylation sites (N-methyl/N-ethyl adjacent to an activating group) is 1. The highest BCUT2D eigenvalue weighted by Gasteiger charge is 2.33. The van der Waals surface area contributed by atoms with Crippen LogP contribution in [0.15, 0.2) is 65.3 Å². The highest BCUT2D eigenvalue weighted by atomic mass is 16.5. The van der Waals surface area contributed by atoms with Crippen molar-refractivity contribution in [3.63, 3.8) is 0 Å². The van der Waals surface area contributed by atoms with Crippen LogP contribution in [0.3, 0.4) is 0 Å². The summed E-state index contributed by atoms with van der Waals surface area (Å²) in [5.74, 6) is 2.10. The predicted molar refractivity (Wildman–Crippen MR) is 134 cm³/mol. The molecule has 0 unspecified atom stereocenters. The Labute approximate surface area is 206 Å². The monoisotopic (exact) mass is 478 g/mol. The van der Waals surface area contributed by atoms with Gasteiger partial charge in [0, 0.05) is 25.2 Å². The van der Waals surface area contributed by atoms with Crippen LogP contribution in [0.2, 0.25) is 0 Å². The summed E-state index contributed by atoms with van der Waals surface area (Å²) in [6.07, 6.45) is 4.18. The minimum atomic E-state index is -0.105. The maximum absolute atomic E-state index is 13.2. The summed E-state index contributed by atoms with van der Waals surface area (Å²) in [6.45, 7) is 2.44. The fourth-order valence-corrected chi connectivity index (χ4v) is 4.98. The number of carbonyl (C=O) groups is 1. The first kappa shape index (κ1) is 24.7. The molecule has 2 aromatic carbocycles. The van der Waals surface area contributed by atoms with Gasteiger partial charge in [0.15, 0.2) is 17.3 Å². The molecule has 1 aliphatic rings. The second-order valence-electron chi connectivity index (χ2n) is 9.10. The zero-order chi connectivity index (χ0) is 24.8. The van der Waals surface area contributed by atoms with Crippen molar-refractivity contribution < 1.29 is 23.8 Å². The lowest BCUT2D eigenvalue weighted by Crippen LogP contribution is -2.47. The molecule has 4 rings (SSSR count). The second-order valence-corrected chi connectivity index (χ2v) is 9.10. The largest absolute Gasteiger partial charge is 0.504 e. The summed E-state index contributed by atoms with van der Waals surface area (Å²) >= 11 is 0. The molecule has 1 amide bonds. The van der Waals surface area contributed by atoms with E-state index in [9.17, 15) is 9.90 Å². The molecule has 1 N–H and O–H groups in total. The fraction of sp³-hybridized carbons (Fsp3) is 0.393. The van der Waals surface area contributed by atoms with Gasteiger partial charge in [0.25, 0.3) is 5.91 Å². The number of carbonyl (C=O) groups excluding carboxylic acids is 1. The molecule has 7 heteroatoms. The topological polar surface area (TPSA) is 75.4 Å². The van der Waals surface area contributed by atoms with Crippen LogP contribution >= 0.6 is 0 Å². The molecule has 186 valence electrons. The lowest BCUT2D eigenvalue weighted by Gasteiger charge is -2.40. The van der Waals surface area contributed by atoms with E-state index in [0.29, 0.717) is 24.0 Å². The molecule has 0 radical (unpaired) electrons. The number of phenolic OH excluding ortho intramolecular Hbond substituents is 1. The SMILES string of the molecule is COc1cccc(C[C@@H](C2CCN(Cc3cccc(OC)c3O)CC2)N(C)C(=O)c2ccco2)c1. The van der Waals surface area contributed by atoms with Crippen LogP contribution in [0.25, 0.3) is 0 Å². The Morgan fingerprint density at radius 2 is 1.89 bits per heavy atom. The molecule has 3 aromatic rings. The predicted octanol–water partition coefficient (Wildman–Crippen LogP) is 4.60. The Bertz CT molecular complexity index is 1110. The summed E-state index contributed by atoms with van der Waals surface area (Å²) in [5.41, 5.74) is 2.00. The zero-order valence-electron chi connectivity index (χ0n) is 20.6. The number of benzene rings is 2. The Morgan fingerprint density at radius 3 is 2.57 bits per heavy atom. The average Bonchev–Trinajstić information content (AvgIpc) is 3.43. The maximum atomic E-state index is 13.2.